The van der Waals surface area contributed by atoms with E-state index in [1.54, 1.807) is 45.0 Å². The number of benzene rings is 1. The molecule has 0 heterocycles. The van der Waals surface area contributed by atoms with Crippen LogP contribution in [0, 0.1) is 0 Å². The first kappa shape index (κ1) is 16.2. The van der Waals surface area contributed by atoms with E-state index < -0.39 is 29.5 Å². The summed E-state index contributed by atoms with van der Waals surface area (Å²) in [4.78, 5) is 24.0. The number of nitrogens with two attached hydrogens (primary N) is 1. The zero-order chi connectivity index (χ0) is 15.3. The highest BCUT2D eigenvalue weighted by Crippen LogP contribution is 2.23. The van der Waals surface area contributed by atoms with Crippen molar-refractivity contribution in [2.75, 3.05) is 7.11 Å². The second-order valence-corrected chi connectivity index (χ2v) is 5.47. The molecule has 2 unspecified atom stereocenters. The molecule has 5 heteroatoms. The van der Waals surface area contributed by atoms with Crippen LogP contribution in [0.3, 0.4) is 0 Å². The molecule has 20 heavy (non-hydrogen) atoms. The van der Waals surface area contributed by atoms with Crippen LogP contribution in [0.15, 0.2) is 30.3 Å². The lowest BCUT2D eigenvalue weighted by Crippen LogP contribution is -2.43. The molecule has 0 saturated heterocycles. The molecule has 1 rings (SSSR count). The molecule has 0 amide bonds. The van der Waals surface area contributed by atoms with E-state index in [1.807, 2.05) is 6.07 Å². The first-order valence-corrected chi connectivity index (χ1v) is 6.37. The Morgan fingerprint density at radius 1 is 1.10 bits per heavy atom. The molecule has 1 aromatic rings. The summed E-state index contributed by atoms with van der Waals surface area (Å²) in [6.07, 6.45) is 0. The summed E-state index contributed by atoms with van der Waals surface area (Å²) in [6, 6.07) is 7.74. The van der Waals surface area contributed by atoms with Crippen LogP contribution in [0.4, 0.5) is 0 Å². The number of rotatable bonds is 4. The average molecular weight is 279 g/mol. The van der Waals surface area contributed by atoms with Crippen molar-refractivity contribution in [1.29, 1.82) is 0 Å². The number of carbonyl (C=O) groups is 2. The summed E-state index contributed by atoms with van der Waals surface area (Å²) < 4.78 is 9.97. The molecular formula is C15H21NO4. The Morgan fingerprint density at radius 3 is 2.10 bits per heavy atom. The molecule has 2 N–H and O–H groups in total. The maximum absolute atomic E-state index is 12.3. The van der Waals surface area contributed by atoms with Gasteiger partial charge in [0.05, 0.1) is 7.11 Å². The molecule has 0 radical (unpaired) electrons. The smallest absolute Gasteiger partial charge is 0.323 e. The fraction of sp³-hybridized carbons (Fsp3) is 0.467. The van der Waals surface area contributed by atoms with Crippen molar-refractivity contribution in [1.82, 2.24) is 0 Å². The summed E-state index contributed by atoms with van der Waals surface area (Å²) >= 11 is 0. The predicted octanol–water partition coefficient (Wildman–Crippen LogP) is 1.61. The highest BCUT2D eigenvalue weighted by atomic mass is 16.6. The Morgan fingerprint density at radius 2 is 1.65 bits per heavy atom. The van der Waals surface area contributed by atoms with Gasteiger partial charge in [-0.25, -0.2) is 0 Å². The zero-order valence-electron chi connectivity index (χ0n) is 12.3. The van der Waals surface area contributed by atoms with Crippen LogP contribution in [-0.4, -0.2) is 30.7 Å². The summed E-state index contributed by atoms with van der Waals surface area (Å²) in [5, 5.41) is 0. The second kappa shape index (κ2) is 6.52. The van der Waals surface area contributed by atoms with E-state index in [2.05, 4.69) is 4.74 Å². The highest BCUT2D eigenvalue weighted by molar-refractivity contribution is 5.88. The molecule has 5 nitrogen and oxygen atoms in total. The fourth-order valence-corrected chi connectivity index (χ4v) is 1.79. The molecule has 0 spiro atoms. The Labute approximate surface area is 119 Å². The molecule has 0 fully saturated rings. The number of esters is 2. The lowest BCUT2D eigenvalue weighted by Gasteiger charge is -2.26. The van der Waals surface area contributed by atoms with Crippen LogP contribution in [0.1, 0.15) is 32.3 Å². The van der Waals surface area contributed by atoms with Crippen LogP contribution in [0.5, 0.6) is 0 Å². The van der Waals surface area contributed by atoms with E-state index in [0.29, 0.717) is 5.56 Å². The zero-order valence-corrected chi connectivity index (χ0v) is 12.3. The predicted molar refractivity (Wildman–Crippen MR) is 75.0 cm³/mol. The Balaban J connectivity index is 3.08. The van der Waals surface area contributed by atoms with E-state index in [4.69, 9.17) is 10.5 Å². The van der Waals surface area contributed by atoms with Crippen molar-refractivity contribution in [2.45, 2.75) is 38.3 Å². The largest absolute Gasteiger partial charge is 0.468 e. The Hall–Kier alpha value is -1.88. The molecular weight excluding hydrogens is 258 g/mol. The van der Waals surface area contributed by atoms with E-state index >= 15 is 0 Å². The molecule has 2 atom stereocenters. The van der Waals surface area contributed by atoms with Gasteiger partial charge in [0.1, 0.15) is 17.6 Å². The fourth-order valence-electron chi connectivity index (χ4n) is 1.79. The van der Waals surface area contributed by atoms with Gasteiger partial charge in [-0.1, -0.05) is 30.3 Å². The quantitative estimate of drug-likeness (QED) is 0.847. The maximum atomic E-state index is 12.3. The van der Waals surface area contributed by atoms with Crippen LogP contribution in [-0.2, 0) is 19.1 Å². The van der Waals surface area contributed by atoms with Gasteiger partial charge in [0.2, 0.25) is 0 Å². The van der Waals surface area contributed by atoms with Gasteiger partial charge in [-0.05, 0) is 26.3 Å². The van der Waals surface area contributed by atoms with Gasteiger partial charge in [0.15, 0.2) is 0 Å². The number of ether oxygens (including phenoxy) is 2. The third-order valence-electron chi connectivity index (χ3n) is 2.65. The first-order valence-electron chi connectivity index (χ1n) is 6.37. The van der Waals surface area contributed by atoms with Crippen LogP contribution < -0.4 is 5.73 Å². The first-order chi connectivity index (χ1) is 9.26. The molecule has 0 aliphatic carbocycles. The van der Waals surface area contributed by atoms with Crippen molar-refractivity contribution in [3.63, 3.8) is 0 Å². The third-order valence-corrected chi connectivity index (χ3v) is 2.65. The van der Waals surface area contributed by atoms with Gasteiger partial charge in [-0.2, -0.15) is 0 Å². The Bertz CT molecular complexity index is 465. The number of hydrogen-bond acceptors (Lipinski definition) is 5. The van der Waals surface area contributed by atoms with Gasteiger partial charge in [-0.15, -0.1) is 0 Å². The molecule has 0 saturated carbocycles. The topological polar surface area (TPSA) is 78.6 Å². The lowest BCUT2D eigenvalue weighted by atomic mass is 9.91. The van der Waals surface area contributed by atoms with Crippen molar-refractivity contribution < 1.29 is 19.1 Å². The van der Waals surface area contributed by atoms with Gasteiger partial charge < -0.3 is 15.2 Å². The summed E-state index contributed by atoms with van der Waals surface area (Å²) in [5.74, 6) is -2.07. The molecule has 0 aliphatic rings. The van der Waals surface area contributed by atoms with Crippen molar-refractivity contribution in [3.05, 3.63) is 35.9 Å². The molecule has 0 aliphatic heterocycles. The molecule has 110 valence electrons. The monoisotopic (exact) mass is 279 g/mol. The summed E-state index contributed by atoms with van der Waals surface area (Å²) in [5.41, 5.74) is 5.82. The minimum atomic E-state index is -1.10. The van der Waals surface area contributed by atoms with Crippen LogP contribution in [0.2, 0.25) is 0 Å². The number of methoxy groups -OCH3 is 1. The second-order valence-electron chi connectivity index (χ2n) is 5.47. The summed E-state index contributed by atoms with van der Waals surface area (Å²) in [6.45, 7) is 5.28. The van der Waals surface area contributed by atoms with E-state index in [0.717, 1.165) is 0 Å². The third kappa shape index (κ3) is 4.35. The van der Waals surface area contributed by atoms with Crippen molar-refractivity contribution in [2.24, 2.45) is 5.73 Å². The van der Waals surface area contributed by atoms with Gasteiger partial charge in [0.25, 0.3) is 0 Å². The van der Waals surface area contributed by atoms with Gasteiger partial charge >= 0.3 is 11.9 Å². The minimum absolute atomic E-state index is 0.540. The molecule has 0 bridgehead atoms. The van der Waals surface area contributed by atoms with Crippen molar-refractivity contribution in [3.8, 4) is 0 Å². The van der Waals surface area contributed by atoms with Crippen LogP contribution >= 0.6 is 0 Å². The summed E-state index contributed by atoms with van der Waals surface area (Å²) in [7, 11) is 1.24. The number of hydrogen-bond donors (Lipinski definition) is 1. The highest BCUT2D eigenvalue weighted by Gasteiger charge is 2.36. The number of carbonyl (C=O) groups excluding carboxylic acids is 2. The van der Waals surface area contributed by atoms with Crippen molar-refractivity contribution >= 4 is 11.9 Å². The lowest BCUT2D eigenvalue weighted by molar-refractivity contribution is -0.160. The van der Waals surface area contributed by atoms with E-state index in [-0.39, 0.29) is 0 Å². The Kier molecular flexibility index (Phi) is 5.27. The van der Waals surface area contributed by atoms with E-state index in [9.17, 15) is 9.59 Å². The van der Waals surface area contributed by atoms with E-state index in [1.165, 1.54) is 7.11 Å². The minimum Gasteiger partial charge on any atom is -0.468 e. The normalized spacial score (nSPS) is 14.2. The van der Waals surface area contributed by atoms with Crippen LogP contribution in [0.25, 0.3) is 0 Å². The SMILES string of the molecule is COC(=O)C(N)C(C(=O)OC(C)(C)C)c1ccccc1. The van der Waals surface area contributed by atoms with Gasteiger partial charge in [0, 0.05) is 0 Å². The van der Waals surface area contributed by atoms with Gasteiger partial charge in [-0.3, -0.25) is 9.59 Å². The molecule has 1 aromatic carbocycles. The molecule has 0 aromatic heterocycles. The average Bonchev–Trinajstić information content (AvgIpc) is 2.37. The maximum Gasteiger partial charge on any atom is 0.323 e. The standard InChI is InChI=1S/C15H21NO4/c1-15(2,3)20-13(17)11(12(16)14(18)19-4)10-8-6-5-7-9-10/h5-9,11-12H,16H2,1-4H3.